The highest BCUT2D eigenvalue weighted by molar-refractivity contribution is 4.60. The molecule has 20 heavy (non-hydrogen) atoms. The van der Waals surface area contributed by atoms with Gasteiger partial charge >= 0.3 is 0 Å². The molecule has 4 N–H and O–H groups in total. The standard InChI is InChI=1S/C15H34N2O3/c1-2-3-4-6-15(17)7-10-19-12-14-20-13-11-18-9-5-8-16/h15H,2-14,16-17H2,1H3. The van der Waals surface area contributed by atoms with E-state index in [1.54, 1.807) is 0 Å². The van der Waals surface area contributed by atoms with Gasteiger partial charge in [0.25, 0.3) is 0 Å². The second-order valence-corrected chi connectivity index (χ2v) is 5.02. The van der Waals surface area contributed by atoms with Crippen molar-refractivity contribution in [3.8, 4) is 0 Å². The van der Waals surface area contributed by atoms with E-state index in [0.29, 0.717) is 39.6 Å². The first-order valence-corrected chi connectivity index (χ1v) is 8.00. The van der Waals surface area contributed by atoms with Crippen molar-refractivity contribution in [3.05, 3.63) is 0 Å². The molecule has 5 nitrogen and oxygen atoms in total. The first-order valence-electron chi connectivity index (χ1n) is 8.00. The number of hydrogen-bond donors (Lipinski definition) is 2. The van der Waals surface area contributed by atoms with Gasteiger partial charge in [0.2, 0.25) is 0 Å². The summed E-state index contributed by atoms with van der Waals surface area (Å²) in [6.45, 7) is 6.81. The van der Waals surface area contributed by atoms with Crippen molar-refractivity contribution in [3.63, 3.8) is 0 Å². The molecule has 122 valence electrons. The van der Waals surface area contributed by atoms with Crippen molar-refractivity contribution in [2.75, 3.05) is 46.2 Å². The lowest BCUT2D eigenvalue weighted by atomic mass is 10.1. The molecule has 0 saturated heterocycles. The Morgan fingerprint density at radius 1 is 0.750 bits per heavy atom. The molecule has 5 heteroatoms. The van der Waals surface area contributed by atoms with Crippen molar-refractivity contribution in [1.82, 2.24) is 0 Å². The highest BCUT2D eigenvalue weighted by Crippen LogP contribution is 2.04. The molecule has 0 rings (SSSR count). The van der Waals surface area contributed by atoms with Crippen molar-refractivity contribution in [2.45, 2.75) is 51.5 Å². The minimum absolute atomic E-state index is 0.276. The lowest BCUT2D eigenvalue weighted by Crippen LogP contribution is -2.22. The van der Waals surface area contributed by atoms with E-state index in [-0.39, 0.29) is 6.04 Å². The number of hydrogen-bond acceptors (Lipinski definition) is 5. The molecule has 0 aromatic carbocycles. The second-order valence-electron chi connectivity index (χ2n) is 5.02. The van der Waals surface area contributed by atoms with Gasteiger partial charge in [-0.25, -0.2) is 0 Å². The van der Waals surface area contributed by atoms with Crippen LogP contribution in [0.15, 0.2) is 0 Å². The topological polar surface area (TPSA) is 79.7 Å². The van der Waals surface area contributed by atoms with Crippen LogP contribution >= 0.6 is 0 Å². The lowest BCUT2D eigenvalue weighted by molar-refractivity contribution is 0.0132. The van der Waals surface area contributed by atoms with Crippen molar-refractivity contribution >= 4 is 0 Å². The van der Waals surface area contributed by atoms with E-state index in [0.717, 1.165) is 25.9 Å². The summed E-state index contributed by atoms with van der Waals surface area (Å²) < 4.78 is 16.2. The summed E-state index contributed by atoms with van der Waals surface area (Å²) in [5.74, 6) is 0. The number of unbranched alkanes of at least 4 members (excludes halogenated alkanes) is 2. The monoisotopic (exact) mass is 290 g/mol. The van der Waals surface area contributed by atoms with Crippen LogP contribution in [0.25, 0.3) is 0 Å². The molecule has 0 aliphatic carbocycles. The fourth-order valence-corrected chi connectivity index (χ4v) is 1.76. The molecule has 0 bridgehead atoms. The molecule has 0 saturated carbocycles. The van der Waals surface area contributed by atoms with Gasteiger partial charge in [-0.2, -0.15) is 0 Å². The van der Waals surface area contributed by atoms with Crippen LogP contribution in [0.2, 0.25) is 0 Å². The van der Waals surface area contributed by atoms with Gasteiger partial charge in [0.15, 0.2) is 0 Å². The molecule has 0 fully saturated rings. The minimum atomic E-state index is 0.276. The van der Waals surface area contributed by atoms with Gasteiger partial charge in [-0.1, -0.05) is 26.2 Å². The van der Waals surface area contributed by atoms with Crippen LogP contribution in [0.1, 0.15) is 45.4 Å². The summed E-state index contributed by atoms with van der Waals surface area (Å²) >= 11 is 0. The van der Waals surface area contributed by atoms with Crippen LogP contribution in [0.3, 0.4) is 0 Å². The molecule has 0 heterocycles. The van der Waals surface area contributed by atoms with Crippen molar-refractivity contribution in [1.29, 1.82) is 0 Å². The third-order valence-corrected chi connectivity index (χ3v) is 3.05. The van der Waals surface area contributed by atoms with Crippen LogP contribution in [0, 0.1) is 0 Å². The van der Waals surface area contributed by atoms with E-state index >= 15 is 0 Å². The van der Waals surface area contributed by atoms with E-state index in [4.69, 9.17) is 25.7 Å². The maximum atomic E-state index is 6.00. The van der Waals surface area contributed by atoms with Gasteiger partial charge in [0.1, 0.15) is 0 Å². The molecule has 0 spiro atoms. The number of ether oxygens (including phenoxy) is 3. The van der Waals surface area contributed by atoms with E-state index in [9.17, 15) is 0 Å². The van der Waals surface area contributed by atoms with Crippen LogP contribution in [-0.2, 0) is 14.2 Å². The van der Waals surface area contributed by atoms with Crippen LogP contribution < -0.4 is 11.5 Å². The Morgan fingerprint density at radius 2 is 1.35 bits per heavy atom. The summed E-state index contributed by atoms with van der Waals surface area (Å²) in [5, 5.41) is 0. The summed E-state index contributed by atoms with van der Waals surface area (Å²) in [7, 11) is 0. The SMILES string of the molecule is CCCCCC(N)CCOCCOCCOCCCN. The molecule has 0 aromatic heterocycles. The first-order chi connectivity index (χ1) is 9.81. The Hall–Kier alpha value is -0.200. The zero-order valence-electron chi connectivity index (χ0n) is 13.1. The Labute approximate surface area is 124 Å². The zero-order valence-corrected chi connectivity index (χ0v) is 13.1. The largest absolute Gasteiger partial charge is 0.379 e. The lowest BCUT2D eigenvalue weighted by Gasteiger charge is -2.11. The third-order valence-electron chi connectivity index (χ3n) is 3.05. The summed E-state index contributed by atoms with van der Waals surface area (Å²) in [6.07, 6.45) is 6.69. The molecule has 0 radical (unpaired) electrons. The van der Waals surface area contributed by atoms with Gasteiger partial charge in [0.05, 0.1) is 26.4 Å². The predicted octanol–water partition coefficient (Wildman–Crippen LogP) is 1.68. The van der Waals surface area contributed by atoms with E-state index in [1.165, 1.54) is 19.3 Å². The van der Waals surface area contributed by atoms with Crippen LogP contribution in [0.5, 0.6) is 0 Å². The highest BCUT2D eigenvalue weighted by Gasteiger charge is 2.01. The van der Waals surface area contributed by atoms with Crippen LogP contribution in [0.4, 0.5) is 0 Å². The Balaban J connectivity index is 3.05. The normalized spacial score (nSPS) is 12.8. The van der Waals surface area contributed by atoms with E-state index < -0.39 is 0 Å². The summed E-state index contributed by atoms with van der Waals surface area (Å²) in [6, 6.07) is 0.276. The van der Waals surface area contributed by atoms with Gasteiger partial charge < -0.3 is 25.7 Å². The van der Waals surface area contributed by atoms with Gasteiger partial charge in [-0.05, 0) is 25.8 Å². The summed E-state index contributed by atoms with van der Waals surface area (Å²) in [4.78, 5) is 0. The minimum Gasteiger partial charge on any atom is -0.379 e. The maximum Gasteiger partial charge on any atom is 0.0701 e. The van der Waals surface area contributed by atoms with E-state index in [1.807, 2.05) is 0 Å². The van der Waals surface area contributed by atoms with E-state index in [2.05, 4.69) is 6.92 Å². The summed E-state index contributed by atoms with van der Waals surface area (Å²) in [5.41, 5.74) is 11.4. The number of rotatable bonds is 16. The Morgan fingerprint density at radius 3 is 1.95 bits per heavy atom. The molecule has 0 aliphatic heterocycles. The molecule has 0 amide bonds. The molecular weight excluding hydrogens is 256 g/mol. The fourth-order valence-electron chi connectivity index (χ4n) is 1.76. The molecular formula is C15H34N2O3. The predicted molar refractivity (Wildman–Crippen MR) is 82.9 cm³/mol. The molecule has 0 aliphatic rings. The Bertz CT molecular complexity index is 183. The van der Waals surface area contributed by atoms with Gasteiger partial charge in [0, 0.05) is 19.3 Å². The average Bonchev–Trinajstić information content (AvgIpc) is 2.45. The van der Waals surface area contributed by atoms with Gasteiger partial charge in [-0.3, -0.25) is 0 Å². The average molecular weight is 290 g/mol. The van der Waals surface area contributed by atoms with Crippen LogP contribution in [-0.4, -0.2) is 52.2 Å². The first kappa shape index (κ1) is 19.8. The quantitative estimate of drug-likeness (QED) is 0.423. The highest BCUT2D eigenvalue weighted by atomic mass is 16.5. The second kappa shape index (κ2) is 16.9. The van der Waals surface area contributed by atoms with Gasteiger partial charge in [-0.15, -0.1) is 0 Å². The van der Waals surface area contributed by atoms with Crippen molar-refractivity contribution in [2.24, 2.45) is 11.5 Å². The molecule has 1 atom stereocenters. The molecule has 0 aromatic rings. The third kappa shape index (κ3) is 15.9. The fraction of sp³-hybridized carbons (Fsp3) is 1.00. The smallest absolute Gasteiger partial charge is 0.0701 e. The van der Waals surface area contributed by atoms with Crippen molar-refractivity contribution < 1.29 is 14.2 Å². The number of nitrogens with two attached hydrogens (primary N) is 2. The zero-order chi connectivity index (χ0) is 14.9. The Kier molecular flexibility index (Phi) is 16.7. The molecule has 1 unspecified atom stereocenters. The maximum absolute atomic E-state index is 6.00.